The summed E-state index contributed by atoms with van der Waals surface area (Å²) < 4.78 is 0. The van der Waals surface area contributed by atoms with Gasteiger partial charge in [0.1, 0.15) is 0 Å². The van der Waals surface area contributed by atoms with E-state index >= 15 is 0 Å². The minimum Gasteiger partial charge on any atom is -0.389 e. The van der Waals surface area contributed by atoms with E-state index in [1.54, 1.807) is 0 Å². The summed E-state index contributed by atoms with van der Waals surface area (Å²) in [6.45, 7) is 11.6. The Morgan fingerprint density at radius 1 is 1.50 bits per heavy atom. The summed E-state index contributed by atoms with van der Waals surface area (Å²) >= 11 is 0. The van der Waals surface area contributed by atoms with Crippen molar-refractivity contribution in [2.45, 2.75) is 33.6 Å². The molecular weight excluding hydrogens is 122 g/mol. The molecule has 0 atom stereocenters. The van der Waals surface area contributed by atoms with E-state index in [-0.39, 0.29) is 0 Å². The molecule has 1 nitrogen and oxygen atoms in total. The van der Waals surface area contributed by atoms with Crippen LogP contribution in [0.4, 0.5) is 0 Å². The zero-order valence-electron chi connectivity index (χ0n) is 7.41. The maximum absolute atomic E-state index is 3.92. The molecule has 1 N–H and O–H groups in total. The standard InChI is InChI=1S/C9H19N/c1-5-6-10-9(4)7-8(2)3/h8,10H,4-7H2,1-3H3. The van der Waals surface area contributed by atoms with Crippen LogP contribution in [0.15, 0.2) is 12.3 Å². The van der Waals surface area contributed by atoms with Crippen LogP contribution in [0.1, 0.15) is 33.6 Å². The molecule has 0 heterocycles. The topological polar surface area (TPSA) is 12.0 Å². The fourth-order valence-corrected chi connectivity index (χ4v) is 0.867. The number of rotatable bonds is 5. The molecule has 0 aromatic carbocycles. The predicted octanol–water partition coefficient (Wildman–Crippen LogP) is 2.55. The molecule has 0 saturated heterocycles. The van der Waals surface area contributed by atoms with Gasteiger partial charge in [0.05, 0.1) is 0 Å². The van der Waals surface area contributed by atoms with Gasteiger partial charge in [-0.05, 0) is 18.8 Å². The number of allylic oxidation sites excluding steroid dienone is 1. The third kappa shape index (κ3) is 5.67. The first-order chi connectivity index (χ1) is 4.66. The zero-order valence-corrected chi connectivity index (χ0v) is 7.41. The molecule has 0 spiro atoms. The van der Waals surface area contributed by atoms with Gasteiger partial charge in [-0.25, -0.2) is 0 Å². The first-order valence-electron chi connectivity index (χ1n) is 4.08. The van der Waals surface area contributed by atoms with Gasteiger partial charge in [0.15, 0.2) is 0 Å². The highest BCUT2D eigenvalue weighted by atomic mass is 14.9. The lowest BCUT2D eigenvalue weighted by Crippen LogP contribution is -2.14. The molecule has 0 radical (unpaired) electrons. The average molecular weight is 141 g/mol. The minimum atomic E-state index is 0.719. The Labute approximate surface area is 64.5 Å². The zero-order chi connectivity index (χ0) is 7.98. The molecule has 0 amide bonds. The summed E-state index contributed by atoms with van der Waals surface area (Å²) in [4.78, 5) is 0. The molecule has 0 bridgehead atoms. The summed E-state index contributed by atoms with van der Waals surface area (Å²) in [5, 5.41) is 3.27. The minimum absolute atomic E-state index is 0.719. The Morgan fingerprint density at radius 3 is 2.50 bits per heavy atom. The molecule has 1 heteroatoms. The van der Waals surface area contributed by atoms with Crippen LogP contribution >= 0.6 is 0 Å². The Kier molecular flexibility index (Phi) is 5.09. The first-order valence-corrected chi connectivity index (χ1v) is 4.08. The molecule has 0 unspecified atom stereocenters. The summed E-state index contributed by atoms with van der Waals surface area (Å²) in [5.74, 6) is 0.719. The average Bonchev–Trinajstić information content (AvgIpc) is 1.82. The monoisotopic (exact) mass is 141 g/mol. The van der Waals surface area contributed by atoms with Crippen LogP contribution in [0.2, 0.25) is 0 Å². The van der Waals surface area contributed by atoms with Crippen LogP contribution in [-0.4, -0.2) is 6.54 Å². The smallest absolute Gasteiger partial charge is 0.0141 e. The van der Waals surface area contributed by atoms with Crippen LogP contribution in [0.25, 0.3) is 0 Å². The normalized spacial score (nSPS) is 10.0. The summed E-state index contributed by atoms with van der Waals surface area (Å²) in [6.07, 6.45) is 2.27. The lowest BCUT2D eigenvalue weighted by atomic mass is 10.1. The van der Waals surface area contributed by atoms with Gasteiger partial charge in [-0.2, -0.15) is 0 Å². The summed E-state index contributed by atoms with van der Waals surface area (Å²) in [5.41, 5.74) is 1.18. The van der Waals surface area contributed by atoms with Crippen molar-refractivity contribution in [2.75, 3.05) is 6.54 Å². The highest BCUT2D eigenvalue weighted by Crippen LogP contribution is 2.04. The van der Waals surface area contributed by atoms with Crippen molar-refractivity contribution in [3.8, 4) is 0 Å². The Morgan fingerprint density at radius 2 is 2.10 bits per heavy atom. The van der Waals surface area contributed by atoms with Crippen molar-refractivity contribution in [3.05, 3.63) is 12.3 Å². The molecule has 0 rings (SSSR count). The van der Waals surface area contributed by atoms with Crippen LogP contribution in [-0.2, 0) is 0 Å². The molecule has 0 fully saturated rings. The van der Waals surface area contributed by atoms with E-state index in [1.165, 1.54) is 12.1 Å². The van der Waals surface area contributed by atoms with Gasteiger partial charge >= 0.3 is 0 Å². The van der Waals surface area contributed by atoms with Crippen LogP contribution in [0.5, 0.6) is 0 Å². The van der Waals surface area contributed by atoms with Crippen molar-refractivity contribution in [2.24, 2.45) is 5.92 Å². The van der Waals surface area contributed by atoms with Crippen molar-refractivity contribution >= 4 is 0 Å². The van der Waals surface area contributed by atoms with E-state index < -0.39 is 0 Å². The highest BCUT2D eigenvalue weighted by molar-refractivity contribution is 4.91. The molecule has 0 aromatic heterocycles. The Hall–Kier alpha value is -0.460. The lowest BCUT2D eigenvalue weighted by molar-refractivity contribution is 0.601. The molecule has 0 aliphatic heterocycles. The largest absolute Gasteiger partial charge is 0.389 e. The maximum atomic E-state index is 3.92. The fraction of sp³-hybridized carbons (Fsp3) is 0.778. The van der Waals surface area contributed by atoms with Gasteiger partial charge in [0.2, 0.25) is 0 Å². The Balaban J connectivity index is 3.26. The third-order valence-electron chi connectivity index (χ3n) is 1.28. The van der Waals surface area contributed by atoms with Crippen molar-refractivity contribution in [3.63, 3.8) is 0 Å². The van der Waals surface area contributed by atoms with E-state index in [0.29, 0.717) is 0 Å². The van der Waals surface area contributed by atoms with Gasteiger partial charge in [-0.3, -0.25) is 0 Å². The quantitative estimate of drug-likeness (QED) is 0.620. The molecule has 0 saturated carbocycles. The fourth-order valence-electron chi connectivity index (χ4n) is 0.867. The van der Waals surface area contributed by atoms with Crippen molar-refractivity contribution in [1.29, 1.82) is 0 Å². The van der Waals surface area contributed by atoms with E-state index in [2.05, 4.69) is 32.7 Å². The second-order valence-corrected chi connectivity index (χ2v) is 3.13. The number of hydrogen-bond donors (Lipinski definition) is 1. The van der Waals surface area contributed by atoms with Gasteiger partial charge in [0.25, 0.3) is 0 Å². The number of nitrogens with one attached hydrogen (secondary N) is 1. The second-order valence-electron chi connectivity index (χ2n) is 3.13. The molecule has 10 heavy (non-hydrogen) atoms. The van der Waals surface area contributed by atoms with E-state index in [1.807, 2.05) is 0 Å². The van der Waals surface area contributed by atoms with Gasteiger partial charge < -0.3 is 5.32 Å². The van der Waals surface area contributed by atoms with Crippen LogP contribution in [0, 0.1) is 5.92 Å². The van der Waals surface area contributed by atoms with Crippen molar-refractivity contribution < 1.29 is 0 Å². The van der Waals surface area contributed by atoms with Crippen LogP contribution < -0.4 is 5.32 Å². The summed E-state index contributed by atoms with van der Waals surface area (Å²) in [7, 11) is 0. The van der Waals surface area contributed by atoms with Crippen LogP contribution in [0.3, 0.4) is 0 Å². The molecular formula is C9H19N. The van der Waals surface area contributed by atoms with Crippen molar-refractivity contribution in [1.82, 2.24) is 5.32 Å². The maximum Gasteiger partial charge on any atom is 0.0141 e. The van der Waals surface area contributed by atoms with Gasteiger partial charge in [-0.15, -0.1) is 0 Å². The van der Waals surface area contributed by atoms with E-state index in [9.17, 15) is 0 Å². The highest BCUT2D eigenvalue weighted by Gasteiger charge is 1.95. The summed E-state index contributed by atoms with van der Waals surface area (Å²) in [6, 6.07) is 0. The van der Waals surface area contributed by atoms with Gasteiger partial charge in [0, 0.05) is 12.2 Å². The number of hydrogen-bond acceptors (Lipinski definition) is 1. The molecule has 0 aliphatic rings. The predicted molar refractivity (Wildman–Crippen MR) is 46.9 cm³/mol. The molecule has 0 aliphatic carbocycles. The molecule has 0 aromatic rings. The van der Waals surface area contributed by atoms with Gasteiger partial charge in [-0.1, -0.05) is 27.4 Å². The molecule has 60 valence electrons. The Bertz CT molecular complexity index is 94.9. The SMILES string of the molecule is C=C(CC(C)C)NCCC. The first kappa shape index (κ1) is 9.54. The van der Waals surface area contributed by atoms with E-state index in [0.717, 1.165) is 18.9 Å². The lowest BCUT2D eigenvalue weighted by Gasteiger charge is -2.09. The second kappa shape index (κ2) is 5.33. The third-order valence-corrected chi connectivity index (χ3v) is 1.28. The van der Waals surface area contributed by atoms with E-state index in [4.69, 9.17) is 0 Å².